The van der Waals surface area contributed by atoms with Crippen LogP contribution in [0, 0.1) is 17.0 Å². The van der Waals surface area contributed by atoms with Gasteiger partial charge in [-0.2, -0.15) is 0 Å². The van der Waals surface area contributed by atoms with Crippen LogP contribution in [0.15, 0.2) is 46.7 Å². The van der Waals surface area contributed by atoms with Gasteiger partial charge in [0.05, 0.1) is 9.82 Å². The van der Waals surface area contributed by atoms with E-state index in [4.69, 9.17) is 0 Å². The van der Waals surface area contributed by atoms with Crippen LogP contribution in [0.5, 0.6) is 0 Å². The summed E-state index contributed by atoms with van der Waals surface area (Å²) in [7, 11) is -3.48. The highest BCUT2D eigenvalue weighted by Gasteiger charge is 2.21. The number of rotatable bonds is 3. The number of sulfone groups is 1. The Kier molecular flexibility index (Phi) is 3.69. The van der Waals surface area contributed by atoms with Gasteiger partial charge in [-0.15, -0.1) is 0 Å². The molecule has 24 heavy (non-hydrogen) atoms. The first-order chi connectivity index (χ1) is 11.3. The van der Waals surface area contributed by atoms with E-state index in [1.54, 1.807) is 19.1 Å². The molecule has 2 aromatic carbocycles. The zero-order chi connectivity index (χ0) is 17.5. The summed E-state index contributed by atoms with van der Waals surface area (Å²) in [6.45, 7) is 1.66. The Morgan fingerprint density at radius 2 is 1.92 bits per heavy atom. The second-order valence-electron chi connectivity index (χ2n) is 5.31. The predicted molar refractivity (Wildman–Crippen MR) is 88.4 cm³/mol. The molecular weight excluding hydrogens is 332 g/mol. The zero-order valence-electron chi connectivity index (χ0n) is 12.5. The number of anilines is 1. The number of benzene rings is 2. The van der Waals surface area contributed by atoms with Crippen molar-refractivity contribution in [3.63, 3.8) is 0 Å². The SMILES string of the molecule is Cc1ccc([N+](=O)[O-])cc1C(=O)Nc1ccc2c(c1)S(=O)(=O)C=C2. The molecule has 1 amide bonds. The van der Waals surface area contributed by atoms with Crippen LogP contribution in [0.2, 0.25) is 0 Å². The van der Waals surface area contributed by atoms with Crippen molar-refractivity contribution in [3.05, 3.63) is 68.6 Å². The van der Waals surface area contributed by atoms with E-state index in [2.05, 4.69) is 5.32 Å². The smallest absolute Gasteiger partial charge is 0.270 e. The van der Waals surface area contributed by atoms with Gasteiger partial charge in [-0.25, -0.2) is 8.42 Å². The number of fused-ring (bicyclic) bond motifs is 1. The first kappa shape index (κ1) is 15.9. The Morgan fingerprint density at radius 3 is 2.62 bits per heavy atom. The number of non-ortho nitro benzene ring substituents is 1. The second kappa shape index (κ2) is 5.57. The molecule has 0 spiro atoms. The fourth-order valence-corrected chi connectivity index (χ4v) is 3.63. The first-order valence-electron chi connectivity index (χ1n) is 6.91. The maximum absolute atomic E-state index is 12.4. The van der Waals surface area contributed by atoms with E-state index in [1.165, 1.54) is 30.3 Å². The molecule has 1 N–H and O–H groups in total. The lowest BCUT2D eigenvalue weighted by Crippen LogP contribution is -2.14. The van der Waals surface area contributed by atoms with E-state index in [-0.39, 0.29) is 16.1 Å². The predicted octanol–water partition coefficient (Wildman–Crippen LogP) is 2.91. The summed E-state index contributed by atoms with van der Waals surface area (Å²) in [5.41, 5.74) is 1.40. The van der Waals surface area contributed by atoms with Crippen molar-refractivity contribution in [2.45, 2.75) is 11.8 Å². The Hall–Kier alpha value is -3.00. The Labute approximate surface area is 137 Å². The molecule has 0 unspecified atom stereocenters. The van der Waals surface area contributed by atoms with Crippen molar-refractivity contribution in [1.82, 2.24) is 0 Å². The van der Waals surface area contributed by atoms with E-state index in [1.807, 2.05) is 0 Å². The van der Waals surface area contributed by atoms with Gasteiger partial charge in [0.15, 0.2) is 0 Å². The highest BCUT2D eigenvalue weighted by Crippen LogP contribution is 2.29. The average Bonchev–Trinajstić information content (AvgIpc) is 2.82. The van der Waals surface area contributed by atoms with Crippen molar-refractivity contribution in [3.8, 4) is 0 Å². The lowest BCUT2D eigenvalue weighted by molar-refractivity contribution is -0.384. The monoisotopic (exact) mass is 344 g/mol. The van der Waals surface area contributed by atoms with Gasteiger partial charge in [0.1, 0.15) is 0 Å². The lowest BCUT2D eigenvalue weighted by atomic mass is 10.1. The van der Waals surface area contributed by atoms with Crippen molar-refractivity contribution in [1.29, 1.82) is 0 Å². The number of hydrogen-bond acceptors (Lipinski definition) is 5. The standard InChI is InChI=1S/C16H12N2O5S/c1-10-2-5-13(18(20)21)9-14(10)16(19)17-12-4-3-11-6-7-24(22,23)15(11)8-12/h2-9H,1H3,(H,17,19). The summed E-state index contributed by atoms with van der Waals surface area (Å²) < 4.78 is 23.7. The summed E-state index contributed by atoms with van der Waals surface area (Å²) >= 11 is 0. The Bertz CT molecular complexity index is 1010. The van der Waals surface area contributed by atoms with E-state index in [9.17, 15) is 23.3 Å². The molecule has 0 bridgehead atoms. The van der Waals surface area contributed by atoms with Gasteiger partial charge in [0.25, 0.3) is 11.6 Å². The molecule has 0 atom stereocenters. The van der Waals surface area contributed by atoms with Crippen LogP contribution in [0.3, 0.4) is 0 Å². The number of hydrogen-bond donors (Lipinski definition) is 1. The molecule has 0 radical (unpaired) electrons. The molecule has 1 heterocycles. The fraction of sp³-hybridized carbons (Fsp3) is 0.0625. The third kappa shape index (κ3) is 2.79. The molecule has 8 heteroatoms. The third-order valence-corrected chi connectivity index (χ3v) is 5.14. The minimum absolute atomic E-state index is 0.121. The van der Waals surface area contributed by atoms with E-state index in [0.29, 0.717) is 16.8 Å². The number of carbonyl (C=O) groups excluding carboxylic acids is 1. The molecule has 0 aliphatic carbocycles. The second-order valence-corrected chi connectivity index (χ2v) is 7.11. The largest absolute Gasteiger partial charge is 0.322 e. The lowest BCUT2D eigenvalue weighted by Gasteiger charge is -2.09. The minimum Gasteiger partial charge on any atom is -0.322 e. The normalized spacial score (nSPS) is 14.2. The molecule has 0 fully saturated rings. The summed E-state index contributed by atoms with van der Waals surface area (Å²) in [6, 6.07) is 8.54. The number of amides is 1. The summed E-state index contributed by atoms with van der Waals surface area (Å²) in [4.78, 5) is 22.8. The molecule has 1 aliphatic rings. The molecule has 0 saturated heterocycles. The molecule has 122 valence electrons. The number of aryl methyl sites for hydroxylation is 1. The number of nitro benzene ring substituents is 1. The van der Waals surface area contributed by atoms with Crippen LogP contribution in [-0.4, -0.2) is 19.2 Å². The minimum atomic E-state index is -3.48. The van der Waals surface area contributed by atoms with Crippen LogP contribution in [0.1, 0.15) is 21.5 Å². The zero-order valence-corrected chi connectivity index (χ0v) is 13.3. The summed E-state index contributed by atoms with van der Waals surface area (Å²) in [6.07, 6.45) is 1.49. The Balaban J connectivity index is 1.92. The molecule has 7 nitrogen and oxygen atoms in total. The van der Waals surface area contributed by atoms with Gasteiger partial charge in [-0.05, 0) is 36.3 Å². The van der Waals surface area contributed by atoms with Crippen molar-refractivity contribution in [2.75, 3.05) is 5.32 Å². The highest BCUT2D eigenvalue weighted by molar-refractivity contribution is 7.94. The van der Waals surface area contributed by atoms with Gasteiger partial charge in [0.2, 0.25) is 9.84 Å². The van der Waals surface area contributed by atoms with Crippen molar-refractivity contribution in [2.24, 2.45) is 0 Å². The third-order valence-electron chi connectivity index (χ3n) is 3.68. The van der Waals surface area contributed by atoms with Crippen LogP contribution in [0.4, 0.5) is 11.4 Å². The quantitative estimate of drug-likeness (QED) is 0.680. The topological polar surface area (TPSA) is 106 Å². The van der Waals surface area contributed by atoms with E-state index in [0.717, 1.165) is 5.41 Å². The number of nitrogens with one attached hydrogen (secondary N) is 1. The number of carbonyl (C=O) groups is 1. The first-order valence-corrected chi connectivity index (χ1v) is 8.46. The van der Waals surface area contributed by atoms with E-state index < -0.39 is 20.7 Å². The van der Waals surface area contributed by atoms with Crippen LogP contribution < -0.4 is 5.32 Å². The van der Waals surface area contributed by atoms with Gasteiger partial charge < -0.3 is 5.32 Å². The maximum Gasteiger partial charge on any atom is 0.270 e. The summed E-state index contributed by atoms with van der Waals surface area (Å²) in [5, 5.41) is 14.5. The van der Waals surface area contributed by atoms with Gasteiger partial charge in [-0.1, -0.05) is 12.1 Å². The molecule has 1 aliphatic heterocycles. The van der Waals surface area contributed by atoms with Crippen molar-refractivity contribution >= 4 is 33.2 Å². The fourth-order valence-electron chi connectivity index (χ4n) is 2.40. The van der Waals surface area contributed by atoms with Gasteiger partial charge in [-0.3, -0.25) is 14.9 Å². The Morgan fingerprint density at radius 1 is 1.17 bits per heavy atom. The van der Waals surface area contributed by atoms with Gasteiger partial charge in [0, 0.05) is 28.8 Å². The summed E-state index contributed by atoms with van der Waals surface area (Å²) in [5.74, 6) is -0.542. The maximum atomic E-state index is 12.4. The van der Waals surface area contributed by atoms with Crippen molar-refractivity contribution < 1.29 is 18.1 Å². The number of nitrogens with zero attached hydrogens (tertiary/aromatic N) is 1. The molecule has 0 aromatic heterocycles. The molecule has 2 aromatic rings. The highest BCUT2D eigenvalue weighted by atomic mass is 32.2. The average molecular weight is 344 g/mol. The van der Waals surface area contributed by atoms with Crippen LogP contribution in [-0.2, 0) is 9.84 Å². The molecule has 3 rings (SSSR count). The van der Waals surface area contributed by atoms with Gasteiger partial charge >= 0.3 is 0 Å². The van der Waals surface area contributed by atoms with E-state index >= 15 is 0 Å². The molecule has 0 saturated carbocycles. The van der Waals surface area contributed by atoms with Crippen LogP contribution in [0.25, 0.3) is 6.08 Å². The van der Waals surface area contributed by atoms with Crippen LogP contribution >= 0.6 is 0 Å². The molecular formula is C16H12N2O5S. The number of nitro groups is 1.